The molecular formula is C24H21F3N4OS. The van der Waals surface area contributed by atoms with Crippen molar-refractivity contribution in [3.63, 3.8) is 0 Å². The second kappa shape index (κ2) is 9.66. The summed E-state index contributed by atoms with van der Waals surface area (Å²) in [5.74, 6) is -1.04. The zero-order chi connectivity index (χ0) is 23.5. The van der Waals surface area contributed by atoms with Crippen molar-refractivity contribution in [2.75, 3.05) is 23.9 Å². The van der Waals surface area contributed by atoms with Crippen molar-refractivity contribution in [1.82, 2.24) is 14.5 Å². The summed E-state index contributed by atoms with van der Waals surface area (Å²) in [4.78, 5) is 21.9. The molecule has 0 bridgehead atoms. The van der Waals surface area contributed by atoms with Gasteiger partial charge in [0, 0.05) is 23.6 Å². The van der Waals surface area contributed by atoms with Crippen LogP contribution < -0.4 is 10.9 Å². The van der Waals surface area contributed by atoms with Crippen LogP contribution in [0.15, 0.2) is 53.3 Å². The van der Waals surface area contributed by atoms with E-state index in [9.17, 15) is 18.0 Å². The summed E-state index contributed by atoms with van der Waals surface area (Å²) >= 11 is 1.70. The van der Waals surface area contributed by atoms with Gasteiger partial charge in [-0.2, -0.15) is 16.7 Å². The molecule has 4 rings (SSSR count). The SMILES string of the molecule is CSCCCNc1nc(-c2ccc(F)cc2C)c2ccc(=O)n(-c3c(F)cccc3F)c2n1. The molecule has 1 N–H and O–H groups in total. The third kappa shape index (κ3) is 4.59. The minimum atomic E-state index is -0.891. The highest BCUT2D eigenvalue weighted by Crippen LogP contribution is 2.31. The number of thioether (sulfide) groups is 1. The van der Waals surface area contributed by atoms with Gasteiger partial charge in [-0.25, -0.2) is 18.2 Å². The molecule has 0 radical (unpaired) electrons. The number of benzene rings is 2. The van der Waals surface area contributed by atoms with Crippen molar-refractivity contribution in [2.24, 2.45) is 0 Å². The van der Waals surface area contributed by atoms with Gasteiger partial charge in [-0.3, -0.25) is 9.36 Å². The van der Waals surface area contributed by atoms with E-state index in [0.717, 1.165) is 28.9 Å². The first kappa shape index (κ1) is 22.8. The zero-order valence-electron chi connectivity index (χ0n) is 18.0. The molecular weight excluding hydrogens is 449 g/mol. The van der Waals surface area contributed by atoms with Crippen LogP contribution >= 0.6 is 11.8 Å². The van der Waals surface area contributed by atoms with E-state index in [0.29, 0.717) is 28.8 Å². The summed E-state index contributed by atoms with van der Waals surface area (Å²) in [6.07, 6.45) is 2.85. The van der Waals surface area contributed by atoms with Crippen LogP contribution in [0.5, 0.6) is 0 Å². The number of para-hydroxylation sites is 1. The quantitative estimate of drug-likeness (QED) is 0.370. The van der Waals surface area contributed by atoms with Crippen molar-refractivity contribution < 1.29 is 13.2 Å². The number of nitrogens with one attached hydrogen (secondary N) is 1. The fourth-order valence-corrected chi connectivity index (χ4v) is 4.06. The van der Waals surface area contributed by atoms with E-state index in [-0.39, 0.29) is 11.6 Å². The Morgan fingerprint density at radius 2 is 1.79 bits per heavy atom. The Balaban J connectivity index is 2.02. The number of anilines is 1. The van der Waals surface area contributed by atoms with Crippen LogP contribution in [0, 0.1) is 24.4 Å². The number of hydrogen-bond acceptors (Lipinski definition) is 5. The Morgan fingerprint density at radius 3 is 2.48 bits per heavy atom. The molecule has 0 spiro atoms. The lowest BCUT2D eigenvalue weighted by molar-refractivity contribution is 0.568. The summed E-state index contributed by atoms with van der Waals surface area (Å²) in [5, 5.41) is 3.53. The van der Waals surface area contributed by atoms with Crippen LogP contribution in [0.1, 0.15) is 12.0 Å². The molecule has 2 aromatic carbocycles. The molecule has 0 saturated carbocycles. The van der Waals surface area contributed by atoms with Crippen LogP contribution in [0.25, 0.3) is 28.0 Å². The molecule has 0 aliphatic rings. The maximum absolute atomic E-state index is 14.7. The van der Waals surface area contributed by atoms with Gasteiger partial charge in [-0.1, -0.05) is 6.07 Å². The maximum atomic E-state index is 14.7. The lowest BCUT2D eigenvalue weighted by Gasteiger charge is -2.16. The summed E-state index contributed by atoms with van der Waals surface area (Å²) in [6.45, 7) is 2.31. The fourth-order valence-electron chi connectivity index (χ4n) is 3.63. The van der Waals surface area contributed by atoms with Gasteiger partial charge < -0.3 is 5.32 Å². The number of nitrogens with zero attached hydrogens (tertiary/aromatic N) is 3. The number of aryl methyl sites for hydroxylation is 1. The molecule has 9 heteroatoms. The number of pyridine rings is 1. The molecule has 2 heterocycles. The Morgan fingerprint density at radius 1 is 1.03 bits per heavy atom. The van der Waals surface area contributed by atoms with Gasteiger partial charge in [0.2, 0.25) is 5.95 Å². The highest BCUT2D eigenvalue weighted by molar-refractivity contribution is 7.98. The van der Waals surface area contributed by atoms with Gasteiger partial charge >= 0.3 is 0 Å². The molecule has 0 aliphatic heterocycles. The van der Waals surface area contributed by atoms with Gasteiger partial charge in [0.25, 0.3) is 5.56 Å². The van der Waals surface area contributed by atoms with E-state index in [1.54, 1.807) is 24.8 Å². The van der Waals surface area contributed by atoms with Gasteiger partial charge in [0.05, 0.1) is 5.69 Å². The third-order valence-corrected chi connectivity index (χ3v) is 5.86. The monoisotopic (exact) mass is 470 g/mol. The zero-order valence-corrected chi connectivity index (χ0v) is 18.8. The normalized spacial score (nSPS) is 11.2. The molecule has 5 nitrogen and oxygen atoms in total. The molecule has 0 fully saturated rings. The number of halogens is 3. The van der Waals surface area contributed by atoms with Crippen molar-refractivity contribution in [3.8, 4) is 16.9 Å². The summed E-state index contributed by atoms with van der Waals surface area (Å²) < 4.78 is 44.0. The smallest absolute Gasteiger partial charge is 0.256 e. The average Bonchev–Trinajstić information content (AvgIpc) is 2.77. The molecule has 0 atom stereocenters. The minimum absolute atomic E-state index is 0.0487. The van der Waals surface area contributed by atoms with Crippen molar-refractivity contribution in [1.29, 1.82) is 0 Å². The first-order valence-electron chi connectivity index (χ1n) is 10.3. The number of fused-ring (bicyclic) bond motifs is 1. The molecule has 4 aromatic rings. The van der Waals surface area contributed by atoms with E-state index >= 15 is 0 Å². The van der Waals surface area contributed by atoms with Gasteiger partial charge in [-0.05, 0) is 67.3 Å². The lowest BCUT2D eigenvalue weighted by Crippen LogP contribution is -2.21. The Kier molecular flexibility index (Phi) is 6.69. The van der Waals surface area contributed by atoms with E-state index in [1.165, 1.54) is 30.3 Å². The molecule has 0 amide bonds. The summed E-state index contributed by atoms with van der Waals surface area (Å²) in [5.41, 5.74) is 0.568. The Labute approximate surface area is 192 Å². The van der Waals surface area contributed by atoms with E-state index in [1.807, 2.05) is 6.26 Å². The van der Waals surface area contributed by atoms with Gasteiger partial charge in [0.15, 0.2) is 5.65 Å². The third-order valence-electron chi connectivity index (χ3n) is 5.16. The number of rotatable bonds is 7. The fraction of sp³-hybridized carbons (Fsp3) is 0.208. The second-order valence-corrected chi connectivity index (χ2v) is 8.43. The highest BCUT2D eigenvalue weighted by Gasteiger charge is 2.20. The summed E-state index contributed by atoms with van der Waals surface area (Å²) in [6, 6.07) is 10.4. The Hall–Kier alpha value is -3.33. The molecule has 0 unspecified atom stereocenters. The molecule has 33 heavy (non-hydrogen) atoms. The standard InChI is InChI=1S/C24H21F3N4OS/c1-14-13-15(25)7-8-16(14)21-17-9-10-20(32)31(22-18(26)5-3-6-19(22)27)23(17)30-24(29-21)28-11-4-12-33-2/h3,5-10,13H,4,11-12H2,1-2H3,(H,28,29,30). The predicted octanol–water partition coefficient (Wildman–Crippen LogP) is 5.34. The highest BCUT2D eigenvalue weighted by atomic mass is 32.2. The van der Waals surface area contributed by atoms with Crippen LogP contribution in [0.2, 0.25) is 0 Å². The first-order valence-corrected chi connectivity index (χ1v) is 11.7. The van der Waals surface area contributed by atoms with E-state index in [4.69, 9.17) is 0 Å². The largest absolute Gasteiger partial charge is 0.354 e. The summed E-state index contributed by atoms with van der Waals surface area (Å²) in [7, 11) is 0. The van der Waals surface area contributed by atoms with Crippen LogP contribution in [-0.4, -0.2) is 33.1 Å². The minimum Gasteiger partial charge on any atom is -0.354 e. The van der Waals surface area contributed by atoms with Crippen LogP contribution in [-0.2, 0) is 0 Å². The molecule has 2 aromatic heterocycles. The average molecular weight is 471 g/mol. The van der Waals surface area contributed by atoms with Crippen molar-refractivity contribution in [2.45, 2.75) is 13.3 Å². The predicted molar refractivity (Wildman–Crippen MR) is 127 cm³/mol. The second-order valence-electron chi connectivity index (χ2n) is 7.44. The van der Waals surface area contributed by atoms with Crippen LogP contribution in [0.4, 0.5) is 19.1 Å². The van der Waals surface area contributed by atoms with E-state index < -0.39 is 28.7 Å². The first-order chi connectivity index (χ1) is 15.9. The lowest BCUT2D eigenvalue weighted by atomic mass is 10.0. The van der Waals surface area contributed by atoms with Crippen LogP contribution in [0.3, 0.4) is 0 Å². The van der Waals surface area contributed by atoms with Crippen molar-refractivity contribution in [3.05, 3.63) is 81.9 Å². The van der Waals surface area contributed by atoms with E-state index in [2.05, 4.69) is 15.3 Å². The van der Waals surface area contributed by atoms with Gasteiger partial charge in [-0.15, -0.1) is 0 Å². The number of aromatic nitrogens is 3. The molecule has 170 valence electrons. The van der Waals surface area contributed by atoms with Crippen molar-refractivity contribution >= 4 is 28.7 Å². The number of hydrogen-bond donors (Lipinski definition) is 1. The Bertz CT molecular complexity index is 1370. The molecule has 0 saturated heterocycles. The topological polar surface area (TPSA) is 59.8 Å². The maximum Gasteiger partial charge on any atom is 0.256 e. The van der Waals surface area contributed by atoms with Gasteiger partial charge in [0.1, 0.15) is 23.1 Å². The molecule has 0 aliphatic carbocycles.